The average Bonchev–Trinajstić information content (AvgIpc) is 2.39. The predicted octanol–water partition coefficient (Wildman–Crippen LogP) is 1.20. The monoisotopic (exact) mass is 234 g/mol. The first kappa shape index (κ1) is 11.9. The van der Waals surface area contributed by atoms with Crippen LogP contribution >= 0.6 is 0 Å². The first-order chi connectivity index (χ1) is 8.34. The van der Waals surface area contributed by atoms with Crippen LogP contribution in [0.25, 0.3) is 0 Å². The first-order valence-corrected chi connectivity index (χ1v) is 6.01. The van der Waals surface area contributed by atoms with E-state index in [0.29, 0.717) is 18.3 Å². The Morgan fingerprint density at radius 2 is 2.47 bits per heavy atom. The van der Waals surface area contributed by atoms with E-state index >= 15 is 0 Å². The normalized spacial score (nSPS) is 19.6. The number of anilines is 1. The number of nitrogens with zero attached hydrogens (tertiary/aromatic N) is 1. The number of urea groups is 1. The Kier molecular flexibility index (Phi) is 4.32. The quantitative estimate of drug-likeness (QED) is 0.736. The molecule has 3 N–H and O–H groups in total. The molecule has 0 bridgehead atoms. The molecule has 1 aliphatic rings. The number of carbonyl (C=O) groups excluding carboxylic acids is 1. The number of piperidine rings is 1. The maximum Gasteiger partial charge on any atom is 0.320 e. The zero-order chi connectivity index (χ0) is 11.9. The van der Waals surface area contributed by atoms with Crippen LogP contribution < -0.4 is 16.0 Å². The molecule has 1 aliphatic heterocycles. The minimum atomic E-state index is -0.186. The Labute approximate surface area is 101 Å². The highest BCUT2D eigenvalue weighted by Crippen LogP contribution is 2.08. The summed E-state index contributed by atoms with van der Waals surface area (Å²) in [6, 6.07) is 5.24. The van der Waals surface area contributed by atoms with Gasteiger partial charge in [0.2, 0.25) is 0 Å². The smallest absolute Gasteiger partial charge is 0.320 e. The lowest BCUT2D eigenvalue weighted by Crippen LogP contribution is -2.39. The number of hydrogen-bond donors (Lipinski definition) is 3. The maximum atomic E-state index is 11.6. The molecule has 1 saturated heterocycles. The highest BCUT2D eigenvalue weighted by Gasteiger charge is 2.13. The second-order valence-corrected chi connectivity index (χ2v) is 4.26. The molecule has 5 heteroatoms. The van der Waals surface area contributed by atoms with E-state index in [1.54, 1.807) is 12.3 Å². The van der Waals surface area contributed by atoms with Crippen molar-refractivity contribution in [3.8, 4) is 0 Å². The molecule has 5 nitrogen and oxygen atoms in total. The third-order valence-electron chi connectivity index (χ3n) is 2.86. The van der Waals surface area contributed by atoms with E-state index in [-0.39, 0.29) is 6.03 Å². The van der Waals surface area contributed by atoms with Crippen LogP contribution in [0.1, 0.15) is 12.8 Å². The van der Waals surface area contributed by atoms with Crippen molar-refractivity contribution in [2.45, 2.75) is 12.8 Å². The van der Waals surface area contributed by atoms with Gasteiger partial charge in [-0.05, 0) is 44.0 Å². The van der Waals surface area contributed by atoms with Crippen LogP contribution in [0.3, 0.4) is 0 Å². The van der Waals surface area contributed by atoms with E-state index < -0.39 is 0 Å². The summed E-state index contributed by atoms with van der Waals surface area (Å²) in [5, 5.41) is 8.89. The predicted molar refractivity (Wildman–Crippen MR) is 66.9 cm³/mol. The first-order valence-electron chi connectivity index (χ1n) is 6.01. The molecule has 1 aromatic rings. The van der Waals surface area contributed by atoms with Gasteiger partial charge in [-0.3, -0.25) is 5.32 Å². The summed E-state index contributed by atoms with van der Waals surface area (Å²) in [4.78, 5) is 15.6. The van der Waals surface area contributed by atoms with E-state index in [1.165, 1.54) is 12.8 Å². The van der Waals surface area contributed by atoms with Crippen molar-refractivity contribution >= 4 is 11.8 Å². The summed E-state index contributed by atoms with van der Waals surface area (Å²) in [6.07, 6.45) is 4.02. The molecule has 0 aliphatic carbocycles. The van der Waals surface area contributed by atoms with Crippen molar-refractivity contribution in [3.05, 3.63) is 24.4 Å². The largest absolute Gasteiger partial charge is 0.338 e. The highest BCUT2D eigenvalue weighted by molar-refractivity contribution is 5.88. The number of hydrogen-bond acceptors (Lipinski definition) is 3. The molecule has 2 amide bonds. The fourth-order valence-electron chi connectivity index (χ4n) is 1.93. The Bertz CT molecular complexity index is 349. The molecular formula is C12H18N4O. The van der Waals surface area contributed by atoms with Gasteiger partial charge in [0.15, 0.2) is 0 Å². The van der Waals surface area contributed by atoms with Crippen LogP contribution in [-0.4, -0.2) is 30.6 Å². The van der Waals surface area contributed by atoms with Gasteiger partial charge >= 0.3 is 6.03 Å². The molecule has 0 saturated carbocycles. The molecule has 0 spiro atoms. The molecule has 92 valence electrons. The van der Waals surface area contributed by atoms with Gasteiger partial charge in [0.05, 0.1) is 0 Å². The van der Waals surface area contributed by atoms with Crippen LogP contribution in [0.5, 0.6) is 0 Å². The van der Waals surface area contributed by atoms with E-state index in [4.69, 9.17) is 0 Å². The SMILES string of the molecule is O=C(NCC1CCCNC1)Nc1ccccn1. The highest BCUT2D eigenvalue weighted by atomic mass is 16.2. The van der Waals surface area contributed by atoms with E-state index in [2.05, 4.69) is 20.9 Å². The van der Waals surface area contributed by atoms with Gasteiger partial charge in [0.25, 0.3) is 0 Å². The zero-order valence-corrected chi connectivity index (χ0v) is 9.78. The van der Waals surface area contributed by atoms with Crippen molar-refractivity contribution < 1.29 is 4.79 Å². The maximum absolute atomic E-state index is 11.6. The summed E-state index contributed by atoms with van der Waals surface area (Å²) in [6.45, 7) is 2.80. The number of pyridine rings is 1. The summed E-state index contributed by atoms with van der Waals surface area (Å²) in [5.74, 6) is 1.12. The van der Waals surface area contributed by atoms with Crippen LogP contribution in [0.4, 0.5) is 10.6 Å². The Balaban J connectivity index is 1.70. The molecule has 1 fully saturated rings. The van der Waals surface area contributed by atoms with E-state index in [1.807, 2.05) is 12.1 Å². The van der Waals surface area contributed by atoms with Crippen molar-refractivity contribution in [3.63, 3.8) is 0 Å². The lowest BCUT2D eigenvalue weighted by atomic mass is 10.00. The number of rotatable bonds is 3. The van der Waals surface area contributed by atoms with Crippen molar-refractivity contribution in [2.75, 3.05) is 25.0 Å². The Hall–Kier alpha value is -1.62. The molecule has 17 heavy (non-hydrogen) atoms. The molecule has 2 rings (SSSR count). The van der Waals surface area contributed by atoms with Crippen LogP contribution in [0.2, 0.25) is 0 Å². The topological polar surface area (TPSA) is 66.1 Å². The third kappa shape index (κ3) is 4.03. The lowest BCUT2D eigenvalue weighted by molar-refractivity contribution is 0.248. The van der Waals surface area contributed by atoms with Gasteiger partial charge in [0, 0.05) is 12.7 Å². The molecule has 1 unspecified atom stereocenters. The Morgan fingerprint density at radius 3 is 3.18 bits per heavy atom. The molecule has 1 aromatic heterocycles. The van der Waals surface area contributed by atoms with Gasteiger partial charge in [-0.25, -0.2) is 9.78 Å². The van der Waals surface area contributed by atoms with Crippen molar-refractivity contribution in [2.24, 2.45) is 5.92 Å². The van der Waals surface area contributed by atoms with Gasteiger partial charge < -0.3 is 10.6 Å². The van der Waals surface area contributed by atoms with Gasteiger partial charge in [0.1, 0.15) is 5.82 Å². The minimum Gasteiger partial charge on any atom is -0.338 e. The van der Waals surface area contributed by atoms with Gasteiger partial charge in [-0.1, -0.05) is 6.07 Å². The number of carbonyl (C=O) groups is 1. The molecule has 0 aromatic carbocycles. The van der Waals surface area contributed by atoms with E-state index in [9.17, 15) is 4.79 Å². The van der Waals surface area contributed by atoms with Crippen LogP contribution in [0, 0.1) is 5.92 Å². The molecule has 2 heterocycles. The van der Waals surface area contributed by atoms with Gasteiger partial charge in [-0.15, -0.1) is 0 Å². The molecule has 0 radical (unpaired) electrons. The Morgan fingerprint density at radius 1 is 1.53 bits per heavy atom. The number of aromatic nitrogens is 1. The molecular weight excluding hydrogens is 216 g/mol. The third-order valence-corrected chi connectivity index (χ3v) is 2.86. The average molecular weight is 234 g/mol. The number of nitrogens with one attached hydrogen (secondary N) is 3. The second kappa shape index (κ2) is 6.20. The number of amides is 2. The zero-order valence-electron chi connectivity index (χ0n) is 9.78. The standard InChI is InChI=1S/C12H18N4O/c17-12(16-11-5-1-2-7-14-11)15-9-10-4-3-6-13-8-10/h1-2,5,7,10,13H,3-4,6,8-9H2,(H2,14,15,16,17). The fraction of sp³-hybridized carbons (Fsp3) is 0.500. The van der Waals surface area contributed by atoms with Gasteiger partial charge in [-0.2, -0.15) is 0 Å². The molecule has 1 atom stereocenters. The van der Waals surface area contributed by atoms with Crippen molar-refractivity contribution in [1.82, 2.24) is 15.6 Å². The van der Waals surface area contributed by atoms with Crippen LogP contribution in [-0.2, 0) is 0 Å². The van der Waals surface area contributed by atoms with Crippen LogP contribution in [0.15, 0.2) is 24.4 Å². The summed E-state index contributed by atoms with van der Waals surface area (Å²) in [5.41, 5.74) is 0. The van der Waals surface area contributed by atoms with Crippen molar-refractivity contribution in [1.29, 1.82) is 0 Å². The fourth-order valence-corrected chi connectivity index (χ4v) is 1.93. The summed E-state index contributed by atoms with van der Waals surface area (Å²) in [7, 11) is 0. The van der Waals surface area contributed by atoms with E-state index in [0.717, 1.165) is 13.1 Å². The second-order valence-electron chi connectivity index (χ2n) is 4.26. The minimum absolute atomic E-state index is 0.186. The summed E-state index contributed by atoms with van der Waals surface area (Å²) >= 11 is 0. The summed E-state index contributed by atoms with van der Waals surface area (Å²) < 4.78 is 0. The lowest BCUT2D eigenvalue weighted by Gasteiger charge is -2.22.